The summed E-state index contributed by atoms with van der Waals surface area (Å²) in [6, 6.07) is 9.66. The number of pyridine rings is 1. The Balaban J connectivity index is 2.03. The quantitative estimate of drug-likeness (QED) is 0.851. The molecule has 0 aliphatic rings. The van der Waals surface area contributed by atoms with Crippen LogP contribution >= 0.6 is 11.6 Å². The van der Waals surface area contributed by atoms with E-state index < -0.39 is 18.0 Å². The number of hydrogen-bond acceptors (Lipinski definition) is 5. The lowest BCUT2D eigenvalue weighted by molar-refractivity contribution is -0.123. The number of hydrogen-bond donors (Lipinski definition) is 1. The van der Waals surface area contributed by atoms with E-state index in [1.807, 2.05) is 0 Å². The summed E-state index contributed by atoms with van der Waals surface area (Å²) in [6.45, 7) is 1.47. The molecule has 2 aromatic rings. The second kappa shape index (κ2) is 7.60. The zero-order valence-electron chi connectivity index (χ0n) is 12.6. The largest absolute Gasteiger partial charge is 0.495 e. The third kappa shape index (κ3) is 4.43. The lowest BCUT2D eigenvalue weighted by atomic mass is 10.2. The second-order valence-corrected chi connectivity index (χ2v) is 5.03. The molecule has 0 fully saturated rings. The Kier molecular flexibility index (Phi) is 5.54. The van der Waals surface area contributed by atoms with Crippen LogP contribution in [-0.4, -0.2) is 30.1 Å². The lowest BCUT2D eigenvalue weighted by Crippen LogP contribution is -2.30. The van der Waals surface area contributed by atoms with Crippen LogP contribution in [0.5, 0.6) is 5.75 Å². The van der Waals surface area contributed by atoms with Crippen LogP contribution in [0.4, 0.5) is 5.69 Å². The van der Waals surface area contributed by atoms with Crippen molar-refractivity contribution in [3.8, 4) is 5.75 Å². The smallest absolute Gasteiger partial charge is 0.357 e. The van der Waals surface area contributed by atoms with Crippen LogP contribution in [-0.2, 0) is 9.53 Å². The first-order valence-electron chi connectivity index (χ1n) is 6.77. The number of nitrogens with zero attached hydrogens (tertiary/aromatic N) is 1. The Morgan fingerprint density at radius 1 is 1.26 bits per heavy atom. The van der Waals surface area contributed by atoms with Crippen molar-refractivity contribution in [1.29, 1.82) is 0 Å². The molecule has 0 unspecified atom stereocenters. The van der Waals surface area contributed by atoms with Gasteiger partial charge in [0.2, 0.25) is 0 Å². The van der Waals surface area contributed by atoms with Crippen molar-refractivity contribution < 1.29 is 19.1 Å². The van der Waals surface area contributed by atoms with Gasteiger partial charge in [0.25, 0.3) is 5.91 Å². The van der Waals surface area contributed by atoms with Crippen molar-refractivity contribution in [1.82, 2.24) is 4.98 Å². The number of carbonyl (C=O) groups is 2. The predicted octanol–water partition coefficient (Wildman–Crippen LogP) is 2.93. The molecule has 2 rings (SSSR count). The molecule has 6 nitrogen and oxygen atoms in total. The molecule has 23 heavy (non-hydrogen) atoms. The fourth-order valence-electron chi connectivity index (χ4n) is 1.77. The summed E-state index contributed by atoms with van der Waals surface area (Å²) >= 11 is 5.90. The van der Waals surface area contributed by atoms with E-state index in [4.69, 9.17) is 21.1 Å². The number of halogens is 1. The van der Waals surface area contributed by atoms with Crippen LogP contribution in [0.15, 0.2) is 42.6 Å². The number of benzene rings is 1. The molecule has 120 valence electrons. The maximum absolute atomic E-state index is 12.2. The molecular formula is C16H15ClN2O4. The summed E-state index contributed by atoms with van der Waals surface area (Å²) in [5.74, 6) is -0.729. The number of amides is 1. The molecule has 1 aromatic carbocycles. The first kappa shape index (κ1) is 16.8. The third-order valence-electron chi connectivity index (χ3n) is 2.95. The van der Waals surface area contributed by atoms with Gasteiger partial charge < -0.3 is 14.8 Å². The van der Waals surface area contributed by atoms with E-state index in [0.29, 0.717) is 16.5 Å². The fourth-order valence-corrected chi connectivity index (χ4v) is 1.94. The van der Waals surface area contributed by atoms with Crippen LogP contribution in [0.25, 0.3) is 0 Å². The van der Waals surface area contributed by atoms with Crippen LogP contribution in [0.2, 0.25) is 5.02 Å². The normalized spacial score (nSPS) is 11.4. The van der Waals surface area contributed by atoms with Crippen molar-refractivity contribution in [2.24, 2.45) is 0 Å². The van der Waals surface area contributed by atoms with E-state index in [-0.39, 0.29) is 5.69 Å². The minimum atomic E-state index is -1.01. The Morgan fingerprint density at radius 2 is 2.04 bits per heavy atom. The summed E-state index contributed by atoms with van der Waals surface area (Å²) in [5, 5.41) is 3.06. The van der Waals surface area contributed by atoms with Gasteiger partial charge in [-0.25, -0.2) is 9.78 Å². The Morgan fingerprint density at radius 3 is 2.70 bits per heavy atom. The van der Waals surface area contributed by atoms with Gasteiger partial charge in [-0.05, 0) is 37.3 Å². The average Bonchev–Trinajstić information content (AvgIpc) is 2.55. The molecule has 0 aliphatic heterocycles. The molecule has 0 spiro atoms. The summed E-state index contributed by atoms with van der Waals surface area (Å²) in [5.41, 5.74) is 0.526. The van der Waals surface area contributed by atoms with Gasteiger partial charge in [-0.3, -0.25) is 4.79 Å². The second-order valence-electron chi connectivity index (χ2n) is 4.60. The molecule has 1 atom stereocenters. The summed E-state index contributed by atoms with van der Waals surface area (Å²) in [6.07, 6.45) is 0.464. The first-order valence-corrected chi connectivity index (χ1v) is 7.15. The van der Waals surface area contributed by atoms with E-state index in [2.05, 4.69) is 10.3 Å². The van der Waals surface area contributed by atoms with E-state index in [0.717, 1.165) is 0 Å². The van der Waals surface area contributed by atoms with E-state index in [1.165, 1.54) is 26.3 Å². The molecule has 0 saturated heterocycles. The number of methoxy groups -OCH3 is 1. The molecule has 0 aliphatic carbocycles. The highest BCUT2D eigenvalue weighted by Crippen LogP contribution is 2.27. The van der Waals surface area contributed by atoms with Gasteiger partial charge in [-0.2, -0.15) is 0 Å². The van der Waals surface area contributed by atoms with Crippen LogP contribution < -0.4 is 10.1 Å². The topological polar surface area (TPSA) is 77.5 Å². The van der Waals surface area contributed by atoms with Gasteiger partial charge in [0.15, 0.2) is 6.10 Å². The predicted molar refractivity (Wildman–Crippen MR) is 85.7 cm³/mol. The summed E-state index contributed by atoms with van der Waals surface area (Å²) in [7, 11) is 1.48. The number of carbonyl (C=O) groups excluding carboxylic acids is 2. The van der Waals surface area contributed by atoms with Crippen LogP contribution in [0.1, 0.15) is 17.4 Å². The van der Waals surface area contributed by atoms with E-state index >= 15 is 0 Å². The average molecular weight is 335 g/mol. The highest BCUT2D eigenvalue weighted by atomic mass is 35.5. The molecule has 1 aromatic heterocycles. The van der Waals surface area contributed by atoms with Gasteiger partial charge in [0, 0.05) is 11.2 Å². The summed E-state index contributed by atoms with van der Waals surface area (Å²) < 4.78 is 10.2. The van der Waals surface area contributed by atoms with E-state index in [1.54, 1.807) is 30.3 Å². The monoisotopic (exact) mass is 334 g/mol. The maximum Gasteiger partial charge on any atom is 0.357 e. The number of nitrogens with one attached hydrogen (secondary N) is 1. The summed E-state index contributed by atoms with van der Waals surface area (Å²) in [4.78, 5) is 27.9. The molecule has 7 heteroatoms. The number of esters is 1. The van der Waals surface area contributed by atoms with Gasteiger partial charge in [-0.1, -0.05) is 17.7 Å². The zero-order chi connectivity index (χ0) is 16.8. The maximum atomic E-state index is 12.2. The third-order valence-corrected chi connectivity index (χ3v) is 3.18. The molecular weight excluding hydrogens is 320 g/mol. The molecule has 0 bridgehead atoms. The Labute approximate surface area is 138 Å². The molecule has 1 amide bonds. The fraction of sp³-hybridized carbons (Fsp3) is 0.188. The van der Waals surface area contributed by atoms with Crippen molar-refractivity contribution >= 4 is 29.2 Å². The number of anilines is 1. The van der Waals surface area contributed by atoms with Gasteiger partial charge in [-0.15, -0.1) is 0 Å². The number of aromatic nitrogens is 1. The van der Waals surface area contributed by atoms with Crippen LogP contribution in [0, 0.1) is 0 Å². The Bertz CT molecular complexity index is 706. The minimum Gasteiger partial charge on any atom is -0.495 e. The minimum absolute atomic E-state index is 0.132. The standard InChI is InChI=1S/C16H15ClN2O4/c1-10(23-16(21)12-5-3-4-8-18-12)15(20)19-13-9-11(17)6-7-14(13)22-2/h3-10H,1-2H3,(H,19,20)/t10-/m1/s1. The highest BCUT2D eigenvalue weighted by molar-refractivity contribution is 6.31. The van der Waals surface area contributed by atoms with E-state index in [9.17, 15) is 9.59 Å². The molecule has 0 radical (unpaired) electrons. The lowest BCUT2D eigenvalue weighted by Gasteiger charge is -2.15. The first-order chi connectivity index (χ1) is 11.0. The van der Waals surface area contributed by atoms with Gasteiger partial charge in [0.1, 0.15) is 11.4 Å². The zero-order valence-corrected chi connectivity index (χ0v) is 13.3. The number of rotatable bonds is 5. The SMILES string of the molecule is COc1ccc(Cl)cc1NC(=O)[C@@H](C)OC(=O)c1ccccn1. The van der Waals surface area contributed by atoms with Crippen LogP contribution in [0.3, 0.4) is 0 Å². The van der Waals surface area contributed by atoms with Gasteiger partial charge in [0.05, 0.1) is 12.8 Å². The van der Waals surface area contributed by atoms with Crippen molar-refractivity contribution in [2.45, 2.75) is 13.0 Å². The van der Waals surface area contributed by atoms with Crippen molar-refractivity contribution in [3.63, 3.8) is 0 Å². The molecule has 1 heterocycles. The van der Waals surface area contributed by atoms with Crippen molar-refractivity contribution in [2.75, 3.05) is 12.4 Å². The van der Waals surface area contributed by atoms with Crippen molar-refractivity contribution in [3.05, 3.63) is 53.3 Å². The number of ether oxygens (including phenoxy) is 2. The van der Waals surface area contributed by atoms with Gasteiger partial charge >= 0.3 is 5.97 Å². The Hall–Kier alpha value is -2.60. The molecule has 1 N–H and O–H groups in total. The molecule has 0 saturated carbocycles. The highest BCUT2D eigenvalue weighted by Gasteiger charge is 2.20.